The molecule has 0 spiro atoms. The number of benzene rings is 2. The Morgan fingerprint density at radius 2 is 1.71 bits per heavy atom. The zero-order chi connectivity index (χ0) is 25.0. The number of pyridine rings is 1. The van der Waals surface area contributed by atoms with E-state index >= 15 is 0 Å². The van der Waals surface area contributed by atoms with Gasteiger partial charge in [-0.05, 0) is 68.3 Å². The Morgan fingerprint density at radius 1 is 1.03 bits per heavy atom. The molecule has 3 rings (SSSR count). The van der Waals surface area contributed by atoms with Crippen LogP contribution in [-0.4, -0.2) is 31.4 Å². The van der Waals surface area contributed by atoms with E-state index in [4.69, 9.17) is 27.9 Å². The fourth-order valence-corrected chi connectivity index (χ4v) is 4.70. The lowest BCUT2D eigenvalue weighted by Crippen LogP contribution is -2.30. The molecule has 0 radical (unpaired) electrons. The van der Waals surface area contributed by atoms with Crippen molar-refractivity contribution >= 4 is 56.6 Å². The van der Waals surface area contributed by atoms with E-state index < -0.39 is 28.0 Å². The topological polar surface area (TPSA) is 114 Å². The first kappa shape index (κ1) is 25.5. The van der Waals surface area contributed by atoms with Gasteiger partial charge in [-0.2, -0.15) is 0 Å². The Morgan fingerprint density at radius 3 is 2.35 bits per heavy atom. The molecule has 0 fully saturated rings. The van der Waals surface area contributed by atoms with Gasteiger partial charge in [-0.3, -0.25) is 9.52 Å². The summed E-state index contributed by atoms with van der Waals surface area (Å²) in [6, 6.07) is 12.2. The van der Waals surface area contributed by atoms with E-state index in [2.05, 4.69) is 15.0 Å². The number of hydrogen-bond donors (Lipinski definition) is 2. The summed E-state index contributed by atoms with van der Waals surface area (Å²) in [5, 5.41) is 2.90. The van der Waals surface area contributed by atoms with Crippen LogP contribution in [0.5, 0.6) is 0 Å². The standard InChI is InChI=1S/C23H21Cl2N3O5S/c1-13-4-5-14(2)20(10-13)34(31,32)28-18-8-6-16(7-9-18)23(30)33-15(3)22(29)27-21-19(25)11-17(24)12-26-21/h4-12,15,28H,1-3H3,(H,26,27,29). The summed E-state index contributed by atoms with van der Waals surface area (Å²) >= 11 is 11.8. The van der Waals surface area contributed by atoms with Crippen molar-refractivity contribution in [2.45, 2.75) is 31.8 Å². The summed E-state index contributed by atoms with van der Waals surface area (Å²) in [6.45, 7) is 4.91. The predicted molar refractivity (Wildman–Crippen MR) is 131 cm³/mol. The number of nitrogens with one attached hydrogen (secondary N) is 2. The second kappa shape index (κ2) is 10.4. The number of anilines is 2. The van der Waals surface area contributed by atoms with Gasteiger partial charge >= 0.3 is 5.97 Å². The molecule has 0 aliphatic heterocycles. The van der Waals surface area contributed by atoms with Crippen molar-refractivity contribution in [1.82, 2.24) is 4.98 Å². The first-order valence-corrected chi connectivity index (χ1v) is 12.2. The lowest BCUT2D eigenvalue weighted by Gasteiger charge is -2.14. The normalized spacial score (nSPS) is 12.0. The summed E-state index contributed by atoms with van der Waals surface area (Å²) in [7, 11) is -3.81. The molecular formula is C23H21Cl2N3O5S. The number of nitrogens with zero attached hydrogens (tertiary/aromatic N) is 1. The first-order chi connectivity index (χ1) is 16.0. The third kappa shape index (κ3) is 6.25. The molecule has 1 atom stereocenters. The average molecular weight is 522 g/mol. The summed E-state index contributed by atoms with van der Waals surface area (Å²) in [4.78, 5) is 28.8. The lowest BCUT2D eigenvalue weighted by atomic mass is 10.2. The van der Waals surface area contributed by atoms with Gasteiger partial charge in [0, 0.05) is 11.9 Å². The van der Waals surface area contributed by atoms with E-state index in [1.807, 2.05) is 6.07 Å². The second-order valence-electron chi connectivity index (χ2n) is 7.47. The van der Waals surface area contributed by atoms with Gasteiger partial charge in [0.25, 0.3) is 15.9 Å². The number of rotatable bonds is 7. The number of hydrogen-bond acceptors (Lipinski definition) is 6. The molecule has 0 aliphatic carbocycles. The molecular weight excluding hydrogens is 501 g/mol. The van der Waals surface area contributed by atoms with E-state index in [1.54, 1.807) is 26.0 Å². The van der Waals surface area contributed by atoms with Crippen molar-refractivity contribution in [3.63, 3.8) is 0 Å². The summed E-state index contributed by atoms with van der Waals surface area (Å²) in [5.74, 6) is -1.32. The van der Waals surface area contributed by atoms with Crippen molar-refractivity contribution in [3.8, 4) is 0 Å². The lowest BCUT2D eigenvalue weighted by molar-refractivity contribution is -0.123. The minimum absolute atomic E-state index is 0.0828. The van der Waals surface area contributed by atoms with Crippen molar-refractivity contribution in [3.05, 3.63) is 81.5 Å². The van der Waals surface area contributed by atoms with E-state index in [9.17, 15) is 18.0 Å². The highest BCUT2D eigenvalue weighted by atomic mass is 35.5. The molecule has 1 unspecified atom stereocenters. The minimum Gasteiger partial charge on any atom is -0.449 e. The van der Waals surface area contributed by atoms with Crippen LogP contribution in [0.1, 0.15) is 28.4 Å². The zero-order valence-corrected chi connectivity index (χ0v) is 20.8. The van der Waals surface area contributed by atoms with Gasteiger partial charge in [0.05, 0.1) is 20.5 Å². The minimum atomic E-state index is -3.81. The van der Waals surface area contributed by atoms with Crippen LogP contribution in [0.3, 0.4) is 0 Å². The Balaban J connectivity index is 1.64. The molecule has 0 aliphatic rings. The number of carbonyl (C=O) groups is 2. The summed E-state index contributed by atoms with van der Waals surface area (Å²) in [6.07, 6.45) is 0.166. The number of aromatic nitrogens is 1. The molecule has 0 bridgehead atoms. The maximum Gasteiger partial charge on any atom is 0.338 e. The number of esters is 1. The van der Waals surface area contributed by atoms with Crippen LogP contribution >= 0.6 is 23.2 Å². The molecule has 3 aromatic rings. The maximum atomic E-state index is 12.7. The monoisotopic (exact) mass is 521 g/mol. The van der Waals surface area contributed by atoms with Gasteiger partial charge in [-0.15, -0.1) is 0 Å². The van der Waals surface area contributed by atoms with Crippen molar-refractivity contribution in [2.75, 3.05) is 10.0 Å². The molecule has 34 heavy (non-hydrogen) atoms. The number of amides is 1. The molecule has 1 amide bonds. The highest BCUT2D eigenvalue weighted by molar-refractivity contribution is 7.92. The molecule has 8 nitrogen and oxygen atoms in total. The van der Waals surface area contributed by atoms with Crippen LogP contribution < -0.4 is 10.0 Å². The van der Waals surface area contributed by atoms with Gasteiger partial charge in [0.2, 0.25) is 0 Å². The maximum absolute atomic E-state index is 12.7. The summed E-state index contributed by atoms with van der Waals surface area (Å²) in [5.41, 5.74) is 1.83. The molecule has 1 heterocycles. The van der Waals surface area contributed by atoms with Gasteiger partial charge < -0.3 is 10.1 Å². The van der Waals surface area contributed by atoms with E-state index in [0.29, 0.717) is 10.6 Å². The number of ether oxygens (including phenoxy) is 1. The van der Waals surface area contributed by atoms with Crippen LogP contribution in [0.15, 0.2) is 59.6 Å². The Labute approximate surface area is 207 Å². The number of sulfonamides is 1. The van der Waals surface area contributed by atoms with Crippen LogP contribution in [0, 0.1) is 13.8 Å². The van der Waals surface area contributed by atoms with E-state index in [0.717, 1.165) is 5.56 Å². The highest BCUT2D eigenvalue weighted by Crippen LogP contribution is 2.23. The molecule has 11 heteroatoms. The SMILES string of the molecule is Cc1ccc(C)c(S(=O)(=O)Nc2ccc(C(=O)OC(C)C(=O)Nc3ncc(Cl)cc3Cl)cc2)c1. The van der Waals surface area contributed by atoms with Crippen molar-refractivity contribution in [1.29, 1.82) is 0 Å². The van der Waals surface area contributed by atoms with Gasteiger partial charge in [-0.25, -0.2) is 18.2 Å². The smallest absolute Gasteiger partial charge is 0.338 e. The predicted octanol–water partition coefficient (Wildman–Crippen LogP) is 4.99. The highest BCUT2D eigenvalue weighted by Gasteiger charge is 2.21. The zero-order valence-electron chi connectivity index (χ0n) is 18.4. The van der Waals surface area contributed by atoms with Crippen LogP contribution in [0.2, 0.25) is 10.0 Å². The van der Waals surface area contributed by atoms with E-state index in [1.165, 1.54) is 43.5 Å². The largest absolute Gasteiger partial charge is 0.449 e. The molecule has 0 saturated heterocycles. The second-order valence-corrected chi connectivity index (χ2v) is 9.97. The summed E-state index contributed by atoms with van der Waals surface area (Å²) < 4.78 is 33.2. The van der Waals surface area contributed by atoms with Gasteiger partial charge in [-0.1, -0.05) is 35.3 Å². The Hall–Kier alpha value is -3.14. The number of aryl methyl sites for hydroxylation is 2. The quantitative estimate of drug-likeness (QED) is 0.423. The molecule has 2 N–H and O–H groups in total. The average Bonchev–Trinajstić information content (AvgIpc) is 2.77. The van der Waals surface area contributed by atoms with Gasteiger partial charge in [0.1, 0.15) is 0 Å². The molecule has 0 saturated carbocycles. The first-order valence-electron chi connectivity index (χ1n) is 9.99. The van der Waals surface area contributed by atoms with Crippen molar-refractivity contribution in [2.24, 2.45) is 0 Å². The molecule has 1 aromatic heterocycles. The number of carbonyl (C=O) groups excluding carboxylic acids is 2. The van der Waals surface area contributed by atoms with Crippen LogP contribution in [0.25, 0.3) is 0 Å². The van der Waals surface area contributed by atoms with Crippen LogP contribution in [0.4, 0.5) is 11.5 Å². The third-order valence-electron chi connectivity index (χ3n) is 4.71. The van der Waals surface area contributed by atoms with Crippen LogP contribution in [-0.2, 0) is 19.6 Å². The van der Waals surface area contributed by atoms with Gasteiger partial charge in [0.15, 0.2) is 11.9 Å². The fraction of sp³-hybridized carbons (Fsp3) is 0.174. The van der Waals surface area contributed by atoms with E-state index in [-0.39, 0.29) is 27.0 Å². The number of halogens is 2. The Kier molecular flexibility index (Phi) is 7.81. The Bertz CT molecular complexity index is 1350. The molecule has 178 valence electrons. The third-order valence-corrected chi connectivity index (χ3v) is 6.73. The fourth-order valence-electron chi connectivity index (χ4n) is 2.89. The molecule has 2 aromatic carbocycles. The van der Waals surface area contributed by atoms with Crippen molar-refractivity contribution < 1.29 is 22.7 Å².